The summed E-state index contributed by atoms with van der Waals surface area (Å²) in [6.45, 7) is 0. The standard InChI is InChI=1S/C13H14BrClN2S/c14-10-5-4-9(15)6-12(10)17-13-16-11-3-1-2-8(11)7-18-13/h4-6,8,11H,1-3,7H2,(H,16,17). The van der Waals surface area contributed by atoms with Crippen LogP contribution in [0.5, 0.6) is 0 Å². The SMILES string of the molecule is Clc1ccc(Br)c(NC2=NC3CCCC3CS2)c1. The fourth-order valence-corrected chi connectivity index (χ4v) is 4.20. The van der Waals surface area contributed by atoms with Crippen LogP contribution in [0.4, 0.5) is 5.69 Å². The molecule has 2 nitrogen and oxygen atoms in total. The minimum absolute atomic E-state index is 0.534. The Hall–Kier alpha value is -0.190. The molecule has 1 N–H and O–H groups in total. The Kier molecular flexibility index (Phi) is 3.87. The first kappa shape index (κ1) is 12.8. The molecule has 1 aliphatic carbocycles. The molecule has 2 unspecified atom stereocenters. The summed E-state index contributed by atoms with van der Waals surface area (Å²) >= 11 is 11.4. The molecule has 1 saturated carbocycles. The van der Waals surface area contributed by atoms with Crippen LogP contribution in [0.1, 0.15) is 19.3 Å². The number of halogens is 2. The van der Waals surface area contributed by atoms with Crippen LogP contribution in [-0.2, 0) is 0 Å². The van der Waals surface area contributed by atoms with Gasteiger partial charge in [0.05, 0.1) is 11.7 Å². The van der Waals surface area contributed by atoms with Gasteiger partial charge in [-0.15, -0.1) is 0 Å². The summed E-state index contributed by atoms with van der Waals surface area (Å²) in [4.78, 5) is 4.81. The highest BCUT2D eigenvalue weighted by molar-refractivity contribution is 9.10. The average Bonchev–Trinajstić information content (AvgIpc) is 2.81. The molecule has 1 heterocycles. The zero-order chi connectivity index (χ0) is 12.5. The molecule has 96 valence electrons. The molecule has 5 heteroatoms. The lowest BCUT2D eigenvalue weighted by molar-refractivity contribution is 0.535. The van der Waals surface area contributed by atoms with Crippen LogP contribution in [0, 0.1) is 5.92 Å². The molecule has 0 amide bonds. The summed E-state index contributed by atoms with van der Waals surface area (Å²) < 4.78 is 1.02. The van der Waals surface area contributed by atoms with Gasteiger partial charge in [-0.1, -0.05) is 29.8 Å². The van der Waals surface area contributed by atoms with Gasteiger partial charge in [0.15, 0.2) is 5.17 Å². The van der Waals surface area contributed by atoms with Crippen molar-refractivity contribution in [1.82, 2.24) is 0 Å². The van der Waals surface area contributed by atoms with Gasteiger partial charge in [-0.3, -0.25) is 4.99 Å². The lowest BCUT2D eigenvalue weighted by Gasteiger charge is -2.23. The highest BCUT2D eigenvalue weighted by atomic mass is 79.9. The Morgan fingerprint density at radius 3 is 3.17 bits per heavy atom. The maximum absolute atomic E-state index is 6.02. The van der Waals surface area contributed by atoms with Gasteiger partial charge in [0, 0.05) is 15.2 Å². The fourth-order valence-electron chi connectivity index (χ4n) is 2.53. The molecule has 1 aliphatic heterocycles. The van der Waals surface area contributed by atoms with E-state index in [0.29, 0.717) is 6.04 Å². The highest BCUT2D eigenvalue weighted by Gasteiger charge is 2.31. The molecule has 3 rings (SSSR count). The molecular weight excluding hydrogens is 332 g/mol. The van der Waals surface area contributed by atoms with Crippen LogP contribution in [-0.4, -0.2) is 17.0 Å². The van der Waals surface area contributed by atoms with Crippen LogP contribution in [0.2, 0.25) is 5.02 Å². The van der Waals surface area contributed by atoms with Crippen molar-refractivity contribution in [3.63, 3.8) is 0 Å². The van der Waals surface area contributed by atoms with E-state index >= 15 is 0 Å². The summed E-state index contributed by atoms with van der Waals surface area (Å²) in [5.41, 5.74) is 0.991. The number of nitrogens with one attached hydrogen (secondary N) is 1. The molecule has 1 aromatic carbocycles. The molecule has 2 aliphatic rings. The average molecular weight is 346 g/mol. The van der Waals surface area contributed by atoms with Crippen molar-refractivity contribution < 1.29 is 0 Å². The quantitative estimate of drug-likeness (QED) is 0.791. The molecule has 0 aromatic heterocycles. The van der Waals surface area contributed by atoms with E-state index in [4.69, 9.17) is 16.6 Å². The molecular formula is C13H14BrClN2S. The normalized spacial score (nSPS) is 26.7. The van der Waals surface area contributed by atoms with E-state index in [9.17, 15) is 0 Å². The van der Waals surface area contributed by atoms with Crippen LogP contribution < -0.4 is 5.32 Å². The van der Waals surface area contributed by atoms with E-state index in [2.05, 4.69) is 21.2 Å². The first-order valence-electron chi connectivity index (χ1n) is 6.15. The lowest BCUT2D eigenvalue weighted by Crippen LogP contribution is -2.25. The van der Waals surface area contributed by atoms with Gasteiger partial charge in [0.25, 0.3) is 0 Å². The zero-order valence-electron chi connectivity index (χ0n) is 9.83. The molecule has 0 spiro atoms. The van der Waals surface area contributed by atoms with Gasteiger partial charge < -0.3 is 5.32 Å². The smallest absolute Gasteiger partial charge is 0.161 e. The number of hydrogen-bond donors (Lipinski definition) is 1. The summed E-state index contributed by atoms with van der Waals surface area (Å²) in [5, 5.41) is 5.15. The predicted molar refractivity (Wildman–Crippen MR) is 83.8 cm³/mol. The zero-order valence-corrected chi connectivity index (χ0v) is 13.0. The minimum atomic E-state index is 0.534. The second-order valence-electron chi connectivity index (χ2n) is 4.75. The monoisotopic (exact) mass is 344 g/mol. The van der Waals surface area contributed by atoms with Crippen LogP contribution >= 0.6 is 39.3 Å². The van der Waals surface area contributed by atoms with E-state index in [1.165, 1.54) is 25.0 Å². The van der Waals surface area contributed by atoms with E-state index in [1.54, 1.807) is 0 Å². The number of benzene rings is 1. The number of thioether (sulfide) groups is 1. The number of anilines is 1. The van der Waals surface area contributed by atoms with Gasteiger partial charge in [0.1, 0.15) is 0 Å². The van der Waals surface area contributed by atoms with Crippen molar-refractivity contribution in [3.05, 3.63) is 27.7 Å². The predicted octanol–water partition coefficient (Wildman–Crippen LogP) is 4.79. The van der Waals surface area contributed by atoms with Crippen LogP contribution in [0.15, 0.2) is 27.7 Å². The summed E-state index contributed by atoms with van der Waals surface area (Å²) in [6, 6.07) is 6.29. The first-order chi connectivity index (χ1) is 8.72. The molecule has 1 aromatic rings. The number of rotatable bonds is 1. The van der Waals surface area contributed by atoms with E-state index in [1.807, 2.05) is 30.0 Å². The minimum Gasteiger partial charge on any atom is -0.334 e. The highest BCUT2D eigenvalue weighted by Crippen LogP contribution is 2.36. The summed E-state index contributed by atoms with van der Waals surface area (Å²) in [6.07, 6.45) is 3.91. The Labute approximate surface area is 125 Å². The maximum Gasteiger partial charge on any atom is 0.161 e. The Morgan fingerprint density at radius 1 is 1.39 bits per heavy atom. The van der Waals surface area contributed by atoms with Crippen molar-refractivity contribution in [1.29, 1.82) is 0 Å². The number of amidine groups is 1. The Morgan fingerprint density at radius 2 is 2.28 bits per heavy atom. The molecule has 18 heavy (non-hydrogen) atoms. The Balaban J connectivity index is 1.78. The number of hydrogen-bond acceptors (Lipinski definition) is 3. The van der Waals surface area contributed by atoms with Gasteiger partial charge in [0.2, 0.25) is 0 Å². The molecule has 1 fully saturated rings. The third-order valence-corrected chi connectivity index (χ3v) is 5.51. The first-order valence-corrected chi connectivity index (χ1v) is 8.31. The maximum atomic E-state index is 6.02. The van der Waals surface area contributed by atoms with Crippen molar-refractivity contribution in [2.75, 3.05) is 11.1 Å². The van der Waals surface area contributed by atoms with E-state index in [0.717, 1.165) is 26.3 Å². The number of aliphatic imine (C=N–C) groups is 1. The Bertz CT molecular complexity index is 492. The van der Waals surface area contributed by atoms with E-state index < -0.39 is 0 Å². The number of fused-ring (bicyclic) bond motifs is 1. The van der Waals surface area contributed by atoms with E-state index in [-0.39, 0.29) is 0 Å². The summed E-state index contributed by atoms with van der Waals surface area (Å²) in [7, 11) is 0. The van der Waals surface area contributed by atoms with Gasteiger partial charge in [-0.05, 0) is 52.9 Å². The van der Waals surface area contributed by atoms with Crippen molar-refractivity contribution in [2.24, 2.45) is 10.9 Å². The van der Waals surface area contributed by atoms with Crippen molar-refractivity contribution >= 4 is 50.1 Å². The van der Waals surface area contributed by atoms with Gasteiger partial charge >= 0.3 is 0 Å². The van der Waals surface area contributed by atoms with Crippen LogP contribution in [0.25, 0.3) is 0 Å². The second kappa shape index (κ2) is 5.43. The fraction of sp³-hybridized carbons (Fsp3) is 0.462. The molecule has 0 radical (unpaired) electrons. The third-order valence-electron chi connectivity index (χ3n) is 3.51. The van der Waals surface area contributed by atoms with Crippen molar-refractivity contribution in [2.45, 2.75) is 25.3 Å². The summed E-state index contributed by atoms with van der Waals surface area (Å²) in [5.74, 6) is 1.98. The topological polar surface area (TPSA) is 24.4 Å². The van der Waals surface area contributed by atoms with Gasteiger partial charge in [-0.25, -0.2) is 0 Å². The van der Waals surface area contributed by atoms with Gasteiger partial charge in [-0.2, -0.15) is 0 Å². The number of nitrogens with zero attached hydrogens (tertiary/aromatic N) is 1. The third kappa shape index (κ3) is 2.70. The largest absolute Gasteiger partial charge is 0.334 e. The van der Waals surface area contributed by atoms with Crippen molar-refractivity contribution in [3.8, 4) is 0 Å². The molecule has 2 atom stereocenters. The lowest BCUT2D eigenvalue weighted by atomic mass is 10.1. The molecule has 0 bridgehead atoms. The van der Waals surface area contributed by atoms with Crippen LogP contribution in [0.3, 0.4) is 0 Å². The molecule has 0 saturated heterocycles. The second-order valence-corrected chi connectivity index (χ2v) is 7.05.